The molecule has 0 N–H and O–H groups in total. The molecule has 0 fully saturated rings. The van der Waals surface area contributed by atoms with Gasteiger partial charge in [-0.2, -0.15) is 8.42 Å². The summed E-state index contributed by atoms with van der Waals surface area (Å²) in [6.07, 6.45) is 1.61. The second-order valence-electron chi connectivity index (χ2n) is 9.89. The Morgan fingerprint density at radius 3 is 2.32 bits per heavy atom. The molecule has 0 amide bonds. The summed E-state index contributed by atoms with van der Waals surface area (Å²) in [5.41, 5.74) is 1.00. The van der Waals surface area contributed by atoms with E-state index in [0.717, 1.165) is 35.6 Å². The van der Waals surface area contributed by atoms with E-state index >= 15 is 0 Å². The summed E-state index contributed by atoms with van der Waals surface area (Å²) in [7, 11) is -1.28. The van der Waals surface area contributed by atoms with Crippen LogP contribution in [0.25, 0.3) is 6.08 Å². The molecule has 13 nitrogen and oxygen atoms in total. The highest BCUT2D eigenvalue weighted by Gasteiger charge is 2.35. The Balaban J connectivity index is 1.54. The number of non-ortho nitro benzene ring substituents is 1. The summed E-state index contributed by atoms with van der Waals surface area (Å²) < 4.78 is 49.2. The second kappa shape index (κ2) is 13.5. The monoisotopic (exact) mass is 743 g/mol. The average molecular weight is 745 g/mol. The number of thiazole rings is 1. The van der Waals surface area contributed by atoms with Crippen LogP contribution in [0.1, 0.15) is 31.0 Å². The van der Waals surface area contributed by atoms with Crippen molar-refractivity contribution < 1.29 is 36.5 Å². The molecule has 2 heterocycles. The number of nitrogens with zero attached hydrogens (tertiary/aromatic N) is 3. The van der Waals surface area contributed by atoms with Gasteiger partial charge in [0.2, 0.25) is 0 Å². The molecule has 3 aromatic carbocycles. The fourth-order valence-corrected chi connectivity index (χ4v) is 7.36. The third-order valence-corrected chi connectivity index (χ3v) is 9.97. The van der Waals surface area contributed by atoms with Crippen molar-refractivity contribution in [3.05, 3.63) is 117 Å². The zero-order chi connectivity index (χ0) is 34.0. The van der Waals surface area contributed by atoms with Crippen LogP contribution in [-0.2, 0) is 19.6 Å². The van der Waals surface area contributed by atoms with Crippen molar-refractivity contribution in [1.82, 2.24) is 4.57 Å². The minimum absolute atomic E-state index is 0.00466. The SMILES string of the molecule is CCOC(=O)C1=C(C)N=c2s/c(=C\c3ccc(OS(=O)(=O)c4ccc([N+](=O)[O-])cc4)cc3)c(=O)n2[C@H]1c1cc(OC)c(OC)cc1Br. The molecule has 1 aliphatic rings. The fourth-order valence-electron chi connectivity index (χ4n) is 4.85. The van der Waals surface area contributed by atoms with Gasteiger partial charge in [0.25, 0.3) is 11.2 Å². The van der Waals surface area contributed by atoms with Crippen LogP contribution < -0.4 is 28.5 Å². The van der Waals surface area contributed by atoms with E-state index < -0.39 is 32.6 Å². The van der Waals surface area contributed by atoms with Crippen molar-refractivity contribution in [2.75, 3.05) is 20.8 Å². The highest BCUT2D eigenvalue weighted by molar-refractivity contribution is 9.10. The normalized spacial score (nSPS) is 14.7. The van der Waals surface area contributed by atoms with E-state index in [-0.39, 0.29) is 28.5 Å². The lowest BCUT2D eigenvalue weighted by atomic mass is 9.95. The molecule has 1 atom stereocenters. The molecule has 16 heteroatoms. The largest absolute Gasteiger partial charge is 0.493 e. The van der Waals surface area contributed by atoms with Crippen molar-refractivity contribution in [3.63, 3.8) is 0 Å². The summed E-state index contributed by atoms with van der Waals surface area (Å²) in [5.74, 6) is 0.217. The Bertz CT molecular complexity index is 2210. The minimum Gasteiger partial charge on any atom is -0.493 e. The van der Waals surface area contributed by atoms with Gasteiger partial charge in [-0.25, -0.2) is 9.79 Å². The van der Waals surface area contributed by atoms with Gasteiger partial charge in [0.05, 0.1) is 47.6 Å². The van der Waals surface area contributed by atoms with Gasteiger partial charge in [0, 0.05) is 16.6 Å². The third kappa shape index (κ3) is 6.70. The molecule has 1 aliphatic heterocycles. The topological polar surface area (TPSA) is 166 Å². The molecule has 0 aliphatic carbocycles. The molecular formula is C31H26BrN3O10S2. The maximum atomic E-state index is 14.0. The number of benzene rings is 3. The number of hydrogen-bond donors (Lipinski definition) is 0. The van der Waals surface area contributed by atoms with Crippen LogP contribution in [0.2, 0.25) is 0 Å². The maximum absolute atomic E-state index is 14.0. The van der Waals surface area contributed by atoms with Crippen LogP contribution in [0.3, 0.4) is 0 Å². The summed E-state index contributed by atoms with van der Waals surface area (Å²) in [5, 5.41) is 10.9. The number of aromatic nitrogens is 1. The number of esters is 1. The van der Waals surface area contributed by atoms with Gasteiger partial charge in [-0.15, -0.1) is 0 Å². The van der Waals surface area contributed by atoms with E-state index in [1.807, 2.05) is 0 Å². The number of hydrogen-bond acceptors (Lipinski definition) is 12. The average Bonchev–Trinajstić information content (AvgIpc) is 3.34. The van der Waals surface area contributed by atoms with Crippen molar-refractivity contribution in [1.29, 1.82) is 0 Å². The Kier molecular flexibility index (Phi) is 9.65. The number of fused-ring (bicyclic) bond motifs is 1. The number of nitro benzene ring substituents is 1. The summed E-state index contributed by atoms with van der Waals surface area (Å²) in [6.45, 7) is 3.48. The molecule has 0 spiro atoms. The molecule has 0 bridgehead atoms. The minimum atomic E-state index is -4.26. The second-order valence-corrected chi connectivity index (χ2v) is 13.3. The van der Waals surface area contributed by atoms with Crippen LogP contribution in [0, 0.1) is 10.1 Å². The highest BCUT2D eigenvalue weighted by Crippen LogP contribution is 2.40. The molecule has 47 heavy (non-hydrogen) atoms. The number of allylic oxidation sites excluding steroid dienone is 1. The van der Waals surface area contributed by atoms with Crippen LogP contribution in [0.4, 0.5) is 5.69 Å². The van der Waals surface area contributed by atoms with Crippen LogP contribution in [0.5, 0.6) is 17.2 Å². The number of rotatable bonds is 10. The number of carbonyl (C=O) groups excluding carboxylic acids is 1. The molecule has 5 rings (SSSR count). The van der Waals surface area contributed by atoms with E-state index in [9.17, 15) is 28.1 Å². The van der Waals surface area contributed by atoms with Gasteiger partial charge >= 0.3 is 16.1 Å². The number of nitro groups is 1. The van der Waals surface area contributed by atoms with E-state index in [0.29, 0.717) is 42.1 Å². The van der Waals surface area contributed by atoms with Gasteiger partial charge in [0.1, 0.15) is 10.6 Å². The first kappa shape index (κ1) is 33.6. The summed E-state index contributed by atoms with van der Waals surface area (Å²) >= 11 is 4.69. The quantitative estimate of drug-likeness (QED) is 0.0992. The predicted octanol–water partition coefficient (Wildman–Crippen LogP) is 4.25. The van der Waals surface area contributed by atoms with E-state index in [1.165, 1.54) is 30.9 Å². The van der Waals surface area contributed by atoms with Crippen LogP contribution in [0.15, 0.2) is 91.1 Å². The van der Waals surface area contributed by atoms with E-state index in [2.05, 4.69) is 20.9 Å². The molecule has 0 unspecified atom stereocenters. The number of methoxy groups -OCH3 is 2. The van der Waals surface area contributed by atoms with Crippen LogP contribution >= 0.6 is 27.3 Å². The Labute approximate surface area is 280 Å². The lowest BCUT2D eigenvalue weighted by Gasteiger charge is -2.26. The zero-order valence-electron chi connectivity index (χ0n) is 25.3. The fraction of sp³-hybridized carbons (Fsp3) is 0.194. The van der Waals surface area contributed by atoms with Gasteiger partial charge in [-0.1, -0.05) is 39.4 Å². The van der Waals surface area contributed by atoms with Gasteiger partial charge < -0.3 is 18.4 Å². The Morgan fingerprint density at radius 1 is 1.09 bits per heavy atom. The summed E-state index contributed by atoms with van der Waals surface area (Å²) in [6, 6.07) is 12.7. The van der Waals surface area contributed by atoms with Crippen molar-refractivity contribution >= 4 is 55.1 Å². The van der Waals surface area contributed by atoms with Crippen molar-refractivity contribution in [2.24, 2.45) is 4.99 Å². The highest BCUT2D eigenvalue weighted by atomic mass is 79.9. The maximum Gasteiger partial charge on any atom is 0.339 e. The standard InChI is InChI=1S/C31H26BrN3O10S2/c1-5-44-30(37)27-17(2)33-31-34(28(27)22-15-24(42-3)25(43-4)16-23(22)32)29(36)26(46-31)14-18-6-10-20(11-7-18)45-47(40,41)21-12-8-19(9-13-21)35(38)39/h6-16,28H,5H2,1-4H3/b26-14-/t28-/m0/s1. The number of ether oxygens (including phenoxy) is 3. The first-order valence-corrected chi connectivity index (χ1v) is 16.8. The number of halogens is 1. The first-order valence-electron chi connectivity index (χ1n) is 13.8. The van der Waals surface area contributed by atoms with E-state index in [1.54, 1.807) is 44.2 Å². The smallest absolute Gasteiger partial charge is 0.339 e. The molecule has 0 saturated heterocycles. The zero-order valence-corrected chi connectivity index (χ0v) is 28.5. The van der Waals surface area contributed by atoms with Gasteiger partial charge in [-0.05, 0) is 67.4 Å². The molecule has 0 radical (unpaired) electrons. The molecular weight excluding hydrogens is 718 g/mol. The van der Waals surface area contributed by atoms with Crippen LogP contribution in [-0.4, -0.2) is 44.7 Å². The van der Waals surface area contributed by atoms with Gasteiger partial charge in [-0.3, -0.25) is 19.5 Å². The molecule has 4 aromatic rings. The summed E-state index contributed by atoms with van der Waals surface area (Å²) in [4.78, 5) is 42.2. The lowest BCUT2D eigenvalue weighted by molar-refractivity contribution is -0.384. The Hall–Kier alpha value is -4.80. The number of carbonyl (C=O) groups is 1. The van der Waals surface area contributed by atoms with Crippen molar-refractivity contribution in [3.8, 4) is 17.2 Å². The predicted molar refractivity (Wildman–Crippen MR) is 175 cm³/mol. The van der Waals surface area contributed by atoms with Gasteiger partial charge in [0.15, 0.2) is 16.3 Å². The molecule has 244 valence electrons. The Morgan fingerprint density at radius 2 is 1.72 bits per heavy atom. The first-order chi connectivity index (χ1) is 22.4. The third-order valence-electron chi connectivity index (χ3n) is 7.03. The van der Waals surface area contributed by atoms with E-state index in [4.69, 9.17) is 18.4 Å². The molecule has 1 aromatic heterocycles. The van der Waals surface area contributed by atoms with Crippen molar-refractivity contribution in [2.45, 2.75) is 24.8 Å². The molecule has 0 saturated carbocycles. The lowest BCUT2D eigenvalue weighted by Crippen LogP contribution is -2.40.